The maximum atomic E-state index is 12.6. The van der Waals surface area contributed by atoms with Crippen LogP contribution in [0.15, 0.2) is 24.3 Å². The monoisotopic (exact) mass is 705 g/mol. The van der Waals surface area contributed by atoms with Gasteiger partial charge in [-0.2, -0.15) is 0 Å². The summed E-state index contributed by atoms with van der Waals surface area (Å²) in [6.07, 6.45) is 41.6. The van der Waals surface area contributed by atoms with Crippen molar-refractivity contribution in [1.82, 2.24) is 0 Å². The number of hydrogen-bond donors (Lipinski definition) is 0. The van der Waals surface area contributed by atoms with Crippen LogP contribution in [0.1, 0.15) is 220 Å². The van der Waals surface area contributed by atoms with Gasteiger partial charge in [0.25, 0.3) is 0 Å². The fourth-order valence-corrected chi connectivity index (χ4v) is 5.89. The van der Waals surface area contributed by atoms with Crippen LogP contribution in [0.4, 0.5) is 0 Å². The molecule has 0 aliphatic heterocycles. The molecule has 0 aliphatic carbocycles. The lowest BCUT2D eigenvalue weighted by atomic mass is 10.1. The van der Waals surface area contributed by atoms with Crippen LogP contribution in [0.3, 0.4) is 0 Å². The van der Waals surface area contributed by atoms with Crippen LogP contribution < -0.4 is 0 Å². The maximum Gasteiger partial charge on any atom is 0.306 e. The summed E-state index contributed by atoms with van der Waals surface area (Å²) in [5, 5.41) is 0. The van der Waals surface area contributed by atoms with Crippen LogP contribution in [-0.2, 0) is 28.6 Å². The number of unbranched alkanes of at least 4 members (excludes halogenated alkanes) is 23. The molecule has 0 aromatic carbocycles. The Morgan fingerprint density at radius 2 is 0.680 bits per heavy atom. The zero-order valence-corrected chi connectivity index (χ0v) is 33.2. The third kappa shape index (κ3) is 37.2. The zero-order chi connectivity index (χ0) is 36.6. The molecular formula is C44H80O6. The number of carbonyl (C=O) groups excluding carboxylic acids is 3. The smallest absolute Gasteiger partial charge is 0.306 e. The predicted octanol–water partition coefficient (Wildman–Crippen LogP) is 13.2. The van der Waals surface area contributed by atoms with E-state index in [1.54, 1.807) is 0 Å². The van der Waals surface area contributed by atoms with Gasteiger partial charge in [-0.3, -0.25) is 14.4 Å². The molecule has 0 spiro atoms. The Kier molecular flexibility index (Phi) is 38.0. The van der Waals surface area contributed by atoms with Crippen molar-refractivity contribution in [3.05, 3.63) is 24.3 Å². The highest BCUT2D eigenvalue weighted by atomic mass is 16.6. The highest BCUT2D eigenvalue weighted by Gasteiger charge is 2.19. The topological polar surface area (TPSA) is 78.9 Å². The molecule has 6 nitrogen and oxygen atoms in total. The Hall–Kier alpha value is -2.11. The Bertz CT molecular complexity index is 819. The average molecular weight is 705 g/mol. The number of allylic oxidation sites excluding steroid dienone is 4. The van der Waals surface area contributed by atoms with Gasteiger partial charge >= 0.3 is 17.9 Å². The average Bonchev–Trinajstić information content (AvgIpc) is 3.11. The molecule has 0 saturated heterocycles. The molecule has 292 valence electrons. The Morgan fingerprint density at radius 1 is 0.380 bits per heavy atom. The summed E-state index contributed by atoms with van der Waals surface area (Å²) in [5.74, 6) is -0.902. The first-order valence-electron chi connectivity index (χ1n) is 21.3. The van der Waals surface area contributed by atoms with Gasteiger partial charge in [0.1, 0.15) is 13.2 Å². The van der Waals surface area contributed by atoms with Crippen molar-refractivity contribution in [2.24, 2.45) is 0 Å². The molecule has 0 fully saturated rings. The quantitative estimate of drug-likeness (QED) is 0.0275. The predicted molar refractivity (Wildman–Crippen MR) is 210 cm³/mol. The van der Waals surface area contributed by atoms with Crippen LogP contribution in [0.25, 0.3) is 0 Å². The van der Waals surface area contributed by atoms with Crippen LogP contribution in [0.5, 0.6) is 0 Å². The number of hydrogen-bond acceptors (Lipinski definition) is 6. The van der Waals surface area contributed by atoms with E-state index in [0.29, 0.717) is 19.3 Å². The Morgan fingerprint density at radius 3 is 1.10 bits per heavy atom. The third-order valence-corrected chi connectivity index (χ3v) is 9.18. The molecule has 0 amide bonds. The molecule has 0 heterocycles. The van der Waals surface area contributed by atoms with Crippen molar-refractivity contribution < 1.29 is 28.6 Å². The summed E-state index contributed by atoms with van der Waals surface area (Å²) in [4.78, 5) is 37.5. The molecular weight excluding hydrogens is 624 g/mol. The fraction of sp³-hybridized carbons (Fsp3) is 0.841. The standard InChI is InChI=1S/C44H80O6/c1-4-7-10-13-16-19-22-23-26-28-31-34-37-43(46)49-40-41(50-44(47)38-35-32-29-25-21-18-15-12-9-6-3)39-48-42(45)36-33-30-27-24-20-17-14-11-8-5-2/h15-16,18-19,41H,4-14,17,20-40H2,1-3H3/b18-15-,19-16-. The minimum Gasteiger partial charge on any atom is -0.462 e. The molecule has 0 aliphatic rings. The van der Waals surface area contributed by atoms with Crippen molar-refractivity contribution in [3.63, 3.8) is 0 Å². The summed E-state index contributed by atoms with van der Waals surface area (Å²) >= 11 is 0. The van der Waals surface area contributed by atoms with Gasteiger partial charge in [-0.25, -0.2) is 0 Å². The third-order valence-electron chi connectivity index (χ3n) is 9.18. The number of esters is 3. The van der Waals surface area contributed by atoms with Gasteiger partial charge in [-0.1, -0.05) is 161 Å². The molecule has 1 atom stereocenters. The van der Waals surface area contributed by atoms with E-state index in [9.17, 15) is 14.4 Å². The first kappa shape index (κ1) is 47.9. The molecule has 0 bridgehead atoms. The molecule has 6 heteroatoms. The lowest BCUT2D eigenvalue weighted by Crippen LogP contribution is -2.30. The Labute approximate surface area is 309 Å². The van der Waals surface area contributed by atoms with E-state index >= 15 is 0 Å². The summed E-state index contributed by atoms with van der Waals surface area (Å²) in [6.45, 7) is 6.53. The van der Waals surface area contributed by atoms with E-state index in [-0.39, 0.29) is 31.1 Å². The van der Waals surface area contributed by atoms with Gasteiger partial charge in [0.05, 0.1) is 0 Å². The highest BCUT2D eigenvalue weighted by Crippen LogP contribution is 2.13. The highest BCUT2D eigenvalue weighted by molar-refractivity contribution is 5.71. The second-order valence-electron chi connectivity index (χ2n) is 14.3. The first-order valence-corrected chi connectivity index (χ1v) is 21.3. The van der Waals surface area contributed by atoms with Gasteiger partial charge in [-0.05, 0) is 64.2 Å². The van der Waals surface area contributed by atoms with Gasteiger partial charge < -0.3 is 14.2 Å². The molecule has 50 heavy (non-hydrogen) atoms. The van der Waals surface area contributed by atoms with Crippen LogP contribution in [0, 0.1) is 0 Å². The van der Waals surface area contributed by atoms with E-state index in [1.165, 1.54) is 96.3 Å². The van der Waals surface area contributed by atoms with Gasteiger partial charge in [0.2, 0.25) is 0 Å². The van der Waals surface area contributed by atoms with E-state index < -0.39 is 6.10 Å². The second-order valence-corrected chi connectivity index (χ2v) is 14.3. The molecule has 0 saturated carbocycles. The van der Waals surface area contributed by atoms with E-state index in [4.69, 9.17) is 14.2 Å². The van der Waals surface area contributed by atoms with E-state index in [1.807, 2.05) is 0 Å². The lowest BCUT2D eigenvalue weighted by molar-refractivity contribution is -0.167. The van der Waals surface area contributed by atoms with Crippen molar-refractivity contribution in [1.29, 1.82) is 0 Å². The number of ether oxygens (including phenoxy) is 3. The fourth-order valence-electron chi connectivity index (χ4n) is 5.89. The normalized spacial score (nSPS) is 12.1. The molecule has 0 aromatic heterocycles. The van der Waals surface area contributed by atoms with Crippen molar-refractivity contribution in [3.8, 4) is 0 Å². The SMILES string of the molecule is CCCC/C=C\CCCCCCC(=O)OC(COC(=O)CCCCCCC/C=C\CCCCC)COC(=O)CCCCCCCCCCCC. The van der Waals surface area contributed by atoms with Gasteiger partial charge in [0.15, 0.2) is 6.10 Å². The summed E-state index contributed by atoms with van der Waals surface area (Å²) in [6, 6.07) is 0. The van der Waals surface area contributed by atoms with E-state index in [0.717, 1.165) is 83.5 Å². The zero-order valence-electron chi connectivity index (χ0n) is 33.2. The van der Waals surface area contributed by atoms with Crippen molar-refractivity contribution in [2.45, 2.75) is 226 Å². The van der Waals surface area contributed by atoms with Crippen LogP contribution >= 0.6 is 0 Å². The Balaban J connectivity index is 4.38. The minimum atomic E-state index is -0.772. The lowest BCUT2D eigenvalue weighted by Gasteiger charge is -2.18. The first-order chi connectivity index (χ1) is 24.5. The van der Waals surface area contributed by atoms with Gasteiger partial charge in [-0.15, -0.1) is 0 Å². The number of rotatable bonds is 38. The molecule has 0 N–H and O–H groups in total. The van der Waals surface area contributed by atoms with E-state index in [2.05, 4.69) is 45.1 Å². The van der Waals surface area contributed by atoms with Crippen molar-refractivity contribution >= 4 is 17.9 Å². The summed E-state index contributed by atoms with van der Waals surface area (Å²) in [7, 11) is 0. The second kappa shape index (κ2) is 39.7. The largest absolute Gasteiger partial charge is 0.462 e. The minimum absolute atomic E-state index is 0.0764. The molecule has 0 radical (unpaired) electrons. The maximum absolute atomic E-state index is 12.6. The molecule has 0 rings (SSSR count). The molecule has 0 aromatic rings. The van der Waals surface area contributed by atoms with Gasteiger partial charge in [0, 0.05) is 19.3 Å². The number of carbonyl (C=O) groups is 3. The molecule has 1 unspecified atom stereocenters. The van der Waals surface area contributed by atoms with Crippen molar-refractivity contribution in [2.75, 3.05) is 13.2 Å². The van der Waals surface area contributed by atoms with Crippen LogP contribution in [0.2, 0.25) is 0 Å². The summed E-state index contributed by atoms with van der Waals surface area (Å²) < 4.78 is 16.6. The van der Waals surface area contributed by atoms with Crippen LogP contribution in [-0.4, -0.2) is 37.2 Å². The summed E-state index contributed by atoms with van der Waals surface area (Å²) in [5.41, 5.74) is 0.